The number of aromatic nitrogens is 2. The lowest BCUT2D eigenvalue weighted by molar-refractivity contribution is 0.585. The van der Waals surface area contributed by atoms with Gasteiger partial charge in [-0.15, -0.1) is 0 Å². The summed E-state index contributed by atoms with van der Waals surface area (Å²) in [5, 5.41) is 2.97. The SMILES string of the molecule is CCNc1ncc(-c2ccc(F)cc2F)c(C)n1. The van der Waals surface area contributed by atoms with E-state index in [0.717, 1.165) is 6.07 Å². The average Bonchev–Trinajstić information content (AvgIpc) is 2.31. The summed E-state index contributed by atoms with van der Waals surface area (Å²) in [7, 11) is 0. The molecular formula is C13H13F2N3. The Morgan fingerprint density at radius 2 is 2.00 bits per heavy atom. The Labute approximate surface area is 104 Å². The van der Waals surface area contributed by atoms with Gasteiger partial charge in [-0.05, 0) is 26.0 Å². The van der Waals surface area contributed by atoms with Crippen LogP contribution in [0.2, 0.25) is 0 Å². The van der Waals surface area contributed by atoms with Gasteiger partial charge in [-0.1, -0.05) is 0 Å². The van der Waals surface area contributed by atoms with Gasteiger partial charge in [0.1, 0.15) is 11.6 Å². The molecule has 0 fully saturated rings. The maximum Gasteiger partial charge on any atom is 0.222 e. The van der Waals surface area contributed by atoms with Crippen LogP contribution in [0.15, 0.2) is 24.4 Å². The maximum atomic E-state index is 13.7. The largest absolute Gasteiger partial charge is 0.354 e. The van der Waals surface area contributed by atoms with Crippen molar-refractivity contribution in [2.45, 2.75) is 13.8 Å². The molecule has 0 aliphatic carbocycles. The lowest BCUT2D eigenvalue weighted by Gasteiger charge is -2.08. The minimum absolute atomic E-state index is 0.303. The highest BCUT2D eigenvalue weighted by molar-refractivity contribution is 5.66. The monoisotopic (exact) mass is 249 g/mol. The molecule has 0 aliphatic rings. The van der Waals surface area contributed by atoms with Gasteiger partial charge in [0.05, 0.1) is 5.69 Å². The van der Waals surface area contributed by atoms with Gasteiger partial charge in [0, 0.05) is 29.9 Å². The van der Waals surface area contributed by atoms with Crippen molar-refractivity contribution in [1.82, 2.24) is 9.97 Å². The molecule has 94 valence electrons. The molecule has 18 heavy (non-hydrogen) atoms. The molecule has 0 atom stereocenters. The van der Waals surface area contributed by atoms with Gasteiger partial charge in [-0.2, -0.15) is 0 Å². The van der Waals surface area contributed by atoms with Crippen LogP contribution < -0.4 is 5.32 Å². The second kappa shape index (κ2) is 5.08. The van der Waals surface area contributed by atoms with Crippen LogP contribution in [0.1, 0.15) is 12.6 Å². The first-order valence-corrected chi connectivity index (χ1v) is 5.64. The second-order valence-corrected chi connectivity index (χ2v) is 3.85. The summed E-state index contributed by atoms with van der Waals surface area (Å²) in [6, 6.07) is 3.46. The average molecular weight is 249 g/mol. The molecule has 2 rings (SSSR count). The van der Waals surface area contributed by atoms with Crippen LogP contribution in [0.5, 0.6) is 0 Å². The van der Waals surface area contributed by atoms with E-state index in [-0.39, 0.29) is 0 Å². The third kappa shape index (κ3) is 2.45. The summed E-state index contributed by atoms with van der Waals surface area (Å²) in [4.78, 5) is 8.31. The molecule has 0 saturated carbocycles. The van der Waals surface area contributed by atoms with E-state index in [9.17, 15) is 8.78 Å². The minimum Gasteiger partial charge on any atom is -0.354 e. The topological polar surface area (TPSA) is 37.8 Å². The smallest absolute Gasteiger partial charge is 0.222 e. The molecule has 0 spiro atoms. The number of nitrogens with zero attached hydrogens (tertiary/aromatic N) is 2. The van der Waals surface area contributed by atoms with Gasteiger partial charge < -0.3 is 5.32 Å². The molecule has 1 aromatic carbocycles. The number of hydrogen-bond acceptors (Lipinski definition) is 3. The van der Waals surface area contributed by atoms with Gasteiger partial charge in [-0.25, -0.2) is 18.7 Å². The van der Waals surface area contributed by atoms with E-state index in [2.05, 4.69) is 15.3 Å². The maximum absolute atomic E-state index is 13.7. The van der Waals surface area contributed by atoms with Gasteiger partial charge in [0.25, 0.3) is 0 Å². The number of nitrogens with one attached hydrogen (secondary N) is 1. The third-order valence-corrected chi connectivity index (χ3v) is 2.54. The number of anilines is 1. The molecule has 0 amide bonds. The number of aryl methyl sites for hydroxylation is 1. The summed E-state index contributed by atoms with van der Waals surface area (Å²) < 4.78 is 26.5. The first kappa shape index (κ1) is 12.4. The molecule has 0 aliphatic heterocycles. The van der Waals surface area contributed by atoms with Crippen molar-refractivity contribution in [3.63, 3.8) is 0 Å². The minimum atomic E-state index is -0.613. The molecule has 0 saturated heterocycles. The summed E-state index contributed by atoms with van der Waals surface area (Å²) in [5.41, 5.74) is 1.51. The molecule has 5 heteroatoms. The van der Waals surface area contributed by atoms with E-state index in [0.29, 0.717) is 29.3 Å². The lowest BCUT2D eigenvalue weighted by Crippen LogP contribution is -2.04. The normalized spacial score (nSPS) is 10.4. The van der Waals surface area contributed by atoms with E-state index < -0.39 is 11.6 Å². The van der Waals surface area contributed by atoms with Gasteiger partial charge >= 0.3 is 0 Å². The van der Waals surface area contributed by atoms with Crippen molar-refractivity contribution in [1.29, 1.82) is 0 Å². The van der Waals surface area contributed by atoms with Gasteiger partial charge in [0.15, 0.2) is 0 Å². The molecule has 0 bridgehead atoms. The van der Waals surface area contributed by atoms with Crippen molar-refractivity contribution in [2.75, 3.05) is 11.9 Å². The van der Waals surface area contributed by atoms with Crippen molar-refractivity contribution < 1.29 is 8.78 Å². The molecule has 2 aromatic rings. The van der Waals surface area contributed by atoms with E-state index in [4.69, 9.17) is 0 Å². The fourth-order valence-corrected chi connectivity index (χ4v) is 1.68. The van der Waals surface area contributed by atoms with Gasteiger partial charge in [0.2, 0.25) is 5.95 Å². The van der Waals surface area contributed by atoms with E-state index in [1.54, 1.807) is 6.92 Å². The molecule has 0 radical (unpaired) electrons. The van der Waals surface area contributed by atoms with Crippen LogP contribution in [-0.4, -0.2) is 16.5 Å². The van der Waals surface area contributed by atoms with Gasteiger partial charge in [-0.3, -0.25) is 0 Å². The highest BCUT2D eigenvalue weighted by Crippen LogP contribution is 2.25. The molecule has 1 aromatic heterocycles. The Kier molecular flexibility index (Phi) is 3.50. The van der Waals surface area contributed by atoms with Crippen LogP contribution in [0.4, 0.5) is 14.7 Å². The zero-order chi connectivity index (χ0) is 13.1. The quantitative estimate of drug-likeness (QED) is 0.908. The number of rotatable bonds is 3. The van der Waals surface area contributed by atoms with Crippen molar-refractivity contribution >= 4 is 5.95 Å². The Morgan fingerprint density at radius 3 is 2.61 bits per heavy atom. The standard InChI is InChI=1S/C13H13F2N3/c1-3-16-13-17-7-11(8(2)18-13)10-5-4-9(14)6-12(10)15/h4-7H,3H2,1-2H3,(H,16,17,18). The number of halogens is 2. The molecule has 1 heterocycles. The first-order chi connectivity index (χ1) is 8.61. The van der Waals surface area contributed by atoms with Crippen molar-refractivity contribution in [3.05, 3.63) is 41.7 Å². The van der Waals surface area contributed by atoms with E-state index >= 15 is 0 Å². The van der Waals surface area contributed by atoms with Crippen LogP contribution in [0.3, 0.4) is 0 Å². The Bertz CT molecular complexity index is 570. The second-order valence-electron chi connectivity index (χ2n) is 3.85. The fourth-order valence-electron chi connectivity index (χ4n) is 1.68. The Morgan fingerprint density at radius 1 is 1.22 bits per heavy atom. The molecule has 1 N–H and O–H groups in total. The zero-order valence-corrected chi connectivity index (χ0v) is 10.2. The molecular weight excluding hydrogens is 236 g/mol. The molecule has 3 nitrogen and oxygen atoms in total. The van der Waals surface area contributed by atoms with Crippen molar-refractivity contribution in [2.24, 2.45) is 0 Å². The third-order valence-electron chi connectivity index (χ3n) is 2.54. The number of benzene rings is 1. The first-order valence-electron chi connectivity index (χ1n) is 5.64. The zero-order valence-electron chi connectivity index (χ0n) is 10.2. The molecule has 0 unspecified atom stereocenters. The van der Waals surface area contributed by atoms with Crippen LogP contribution in [0, 0.1) is 18.6 Å². The highest BCUT2D eigenvalue weighted by Gasteiger charge is 2.10. The van der Waals surface area contributed by atoms with Crippen molar-refractivity contribution in [3.8, 4) is 11.1 Å². The van der Waals surface area contributed by atoms with Crippen LogP contribution >= 0.6 is 0 Å². The summed E-state index contributed by atoms with van der Waals surface area (Å²) in [5.74, 6) is -0.710. The van der Waals surface area contributed by atoms with E-state index in [1.165, 1.54) is 18.3 Å². The number of hydrogen-bond donors (Lipinski definition) is 1. The predicted molar refractivity (Wildman–Crippen MR) is 66.3 cm³/mol. The summed E-state index contributed by atoms with van der Waals surface area (Å²) >= 11 is 0. The summed E-state index contributed by atoms with van der Waals surface area (Å²) in [6.07, 6.45) is 1.54. The predicted octanol–water partition coefficient (Wildman–Crippen LogP) is 3.16. The fraction of sp³-hybridized carbons (Fsp3) is 0.231. The van der Waals surface area contributed by atoms with Crippen LogP contribution in [0.25, 0.3) is 11.1 Å². The summed E-state index contributed by atoms with van der Waals surface area (Å²) in [6.45, 7) is 4.41. The highest BCUT2D eigenvalue weighted by atomic mass is 19.1. The Hall–Kier alpha value is -2.04. The Balaban J connectivity index is 2.44. The lowest BCUT2D eigenvalue weighted by atomic mass is 10.1. The van der Waals surface area contributed by atoms with E-state index in [1.807, 2.05) is 6.92 Å². The van der Waals surface area contributed by atoms with Crippen LogP contribution in [-0.2, 0) is 0 Å².